The second kappa shape index (κ2) is 7.77. The maximum atomic E-state index is 10.4. The van der Waals surface area contributed by atoms with Crippen molar-refractivity contribution in [2.45, 2.75) is 38.9 Å². The first-order chi connectivity index (χ1) is 9.70. The number of nitrogens with zero attached hydrogens (tertiary/aromatic N) is 1. The molecule has 0 radical (unpaired) electrons. The van der Waals surface area contributed by atoms with Crippen molar-refractivity contribution in [1.29, 1.82) is 0 Å². The third-order valence-corrected chi connectivity index (χ3v) is 4.09. The van der Waals surface area contributed by atoms with Crippen LogP contribution in [0.4, 0.5) is 0 Å². The van der Waals surface area contributed by atoms with Crippen molar-refractivity contribution in [2.24, 2.45) is 5.92 Å². The number of aliphatic hydroxyl groups excluding tert-OH is 1. The fraction of sp³-hybridized carbons (Fsp3) is 0.647. The Morgan fingerprint density at radius 1 is 1.35 bits per heavy atom. The molecule has 1 heterocycles. The molecule has 1 aromatic carbocycles. The first kappa shape index (κ1) is 15.5. The summed E-state index contributed by atoms with van der Waals surface area (Å²) in [6.07, 6.45) is 2.34. The van der Waals surface area contributed by atoms with Crippen LogP contribution < -0.4 is 0 Å². The predicted octanol–water partition coefficient (Wildman–Crippen LogP) is 2.86. The van der Waals surface area contributed by atoms with Crippen molar-refractivity contribution in [2.75, 3.05) is 26.2 Å². The van der Waals surface area contributed by atoms with Crippen LogP contribution in [0.3, 0.4) is 0 Å². The molecular formula is C17H27NO2. The Bertz CT molecular complexity index is 380. The smallest absolute Gasteiger partial charge is 0.0827 e. The molecule has 0 aromatic heterocycles. The van der Waals surface area contributed by atoms with Gasteiger partial charge in [-0.3, -0.25) is 0 Å². The van der Waals surface area contributed by atoms with E-state index in [0.717, 1.165) is 31.8 Å². The van der Waals surface area contributed by atoms with Crippen LogP contribution in [0.2, 0.25) is 0 Å². The second-order valence-corrected chi connectivity index (χ2v) is 5.81. The number of rotatable bonds is 6. The molecule has 3 atom stereocenters. The molecular weight excluding hydrogens is 250 g/mol. The van der Waals surface area contributed by atoms with Gasteiger partial charge < -0.3 is 14.7 Å². The van der Waals surface area contributed by atoms with Crippen LogP contribution in [0.1, 0.15) is 38.4 Å². The number of hydrogen-bond acceptors (Lipinski definition) is 3. The fourth-order valence-electron chi connectivity index (χ4n) is 3.04. The summed E-state index contributed by atoms with van der Waals surface area (Å²) >= 11 is 0. The molecule has 1 aliphatic rings. The van der Waals surface area contributed by atoms with E-state index < -0.39 is 0 Å². The molecule has 3 unspecified atom stereocenters. The second-order valence-electron chi connectivity index (χ2n) is 5.81. The molecule has 0 bridgehead atoms. The Balaban J connectivity index is 1.86. The third kappa shape index (κ3) is 4.30. The van der Waals surface area contributed by atoms with Gasteiger partial charge in [-0.05, 0) is 37.8 Å². The van der Waals surface area contributed by atoms with E-state index in [9.17, 15) is 5.11 Å². The monoisotopic (exact) mass is 277 g/mol. The van der Waals surface area contributed by atoms with Crippen LogP contribution >= 0.6 is 0 Å². The maximum absolute atomic E-state index is 10.4. The molecule has 0 spiro atoms. The van der Waals surface area contributed by atoms with Crippen LogP contribution in [0.15, 0.2) is 30.3 Å². The molecule has 0 aliphatic carbocycles. The average Bonchev–Trinajstić information content (AvgIpc) is 2.48. The molecule has 0 amide bonds. The molecule has 0 saturated carbocycles. The molecule has 1 fully saturated rings. The lowest BCUT2D eigenvalue weighted by Crippen LogP contribution is -2.42. The SMILES string of the molecule is CCOC1CCCN(CC(C)C(O)c2ccccc2)C1. The van der Waals surface area contributed by atoms with E-state index in [1.807, 2.05) is 30.3 Å². The van der Waals surface area contributed by atoms with Crippen LogP contribution in [0.5, 0.6) is 0 Å². The Morgan fingerprint density at radius 3 is 2.80 bits per heavy atom. The van der Waals surface area contributed by atoms with Gasteiger partial charge in [0.1, 0.15) is 0 Å². The normalized spacial score (nSPS) is 23.4. The first-order valence-corrected chi connectivity index (χ1v) is 7.77. The largest absolute Gasteiger partial charge is 0.388 e. The van der Waals surface area contributed by atoms with E-state index >= 15 is 0 Å². The van der Waals surface area contributed by atoms with Gasteiger partial charge in [0.05, 0.1) is 12.2 Å². The summed E-state index contributed by atoms with van der Waals surface area (Å²) in [6.45, 7) is 8.03. The quantitative estimate of drug-likeness (QED) is 0.868. The molecule has 1 saturated heterocycles. The van der Waals surface area contributed by atoms with Crippen molar-refractivity contribution in [3.05, 3.63) is 35.9 Å². The zero-order chi connectivity index (χ0) is 14.4. The van der Waals surface area contributed by atoms with E-state index in [4.69, 9.17) is 4.74 Å². The Kier molecular flexibility index (Phi) is 6.02. The summed E-state index contributed by atoms with van der Waals surface area (Å²) in [7, 11) is 0. The number of benzene rings is 1. The number of piperidine rings is 1. The molecule has 2 rings (SSSR count). The Labute approximate surface area is 122 Å². The summed E-state index contributed by atoms with van der Waals surface area (Å²) < 4.78 is 5.74. The van der Waals surface area contributed by atoms with Crippen LogP contribution in [0.25, 0.3) is 0 Å². The highest BCUT2D eigenvalue weighted by molar-refractivity contribution is 5.17. The van der Waals surface area contributed by atoms with Gasteiger partial charge in [-0.2, -0.15) is 0 Å². The Hall–Kier alpha value is -0.900. The van der Waals surface area contributed by atoms with Gasteiger partial charge in [0.2, 0.25) is 0 Å². The number of hydrogen-bond donors (Lipinski definition) is 1. The molecule has 1 N–H and O–H groups in total. The van der Waals surface area contributed by atoms with Crippen LogP contribution in [0, 0.1) is 5.92 Å². The molecule has 112 valence electrons. The summed E-state index contributed by atoms with van der Waals surface area (Å²) in [5.74, 6) is 0.234. The van der Waals surface area contributed by atoms with Gasteiger partial charge in [-0.15, -0.1) is 0 Å². The highest BCUT2D eigenvalue weighted by Crippen LogP contribution is 2.24. The van der Waals surface area contributed by atoms with Crippen molar-refractivity contribution in [1.82, 2.24) is 4.90 Å². The minimum Gasteiger partial charge on any atom is -0.388 e. The van der Waals surface area contributed by atoms with Crippen LogP contribution in [-0.2, 0) is 4.74 Å². The highest BCUT2D eigenvalue weighted by Gasteiger charge is 2.24. The van der Waals surface area contributed by atoms with Gasteiger partial charge in [0, 0.05) is 19.7 Å². The van der Waals surface area contributed by atoms with E-state index in [-0.39, 0.29) is 12.0 Å². The number of aliphatic hydroxyl groups is 1. The average molecular weight is 277 g/mol. The van der Waals surface area contributed by atoms with Gasteiger partial charge >= 0.3 is 0 Å². The van der Waals surface area contributed by atoms with Gasteiger partial charge in [0.25, 0.3) is 0 Å². The molecule has 20 heavy (non-hydrogen) atoms. The van der Waals surface area contributed by atoms with Gasteiger partial charge in [0.15, 0.2) is 0 Å². The lowest BCUT2D eigenvalue weighted by molar-refractivity contribution is -0.00602. The van der Waals surface area contributed by atoms with E-state index in [2.05, 4.69) is 18.7 Å². The summed E-state index contributed by atoms with van der Waals surface area (Å²) in [5, 5.41) is 10.4. The third-order valence-electron chi connectivity index (χ3n) is 4.09. The van der Waals surface area contributed by atoms with Crippen LogP contribution in [-0.4, -0.2) is 42.4 Å². The zero-order valence-corrected chi connectivity index (χ0v) is 12.7. The minimum absolute atomic E-state index is 0.234. The Morgan fingerprint density at radius 2 is 2.10 bits per heavy atom. The van der Waals surface area contributed by atoms with E-state index in [0.29, 0.717) is 6.10 Å². The number of likely N-dealkylation sites (tertiary alicyclic amines) is 1. The van der Waals surface area contributed by atoms with Crippen molar-refractivity contribution in [3.63, 3.8) is 0 Å². The summed E-state index contributed by atoms with van der Waals surface area (Å²) in [6, 6.07) is 9.95. The summed E-state index contributed by atoms with van der Waals surface area (Å²) in [5.41, 5.74) is 1.01. The van der Waals surface area contributed by atoms with Crippen molar-refractivity contribution in [3.8, 4) is 0 Å². The first-order valence-electron chi connectivity index (χ1n) is 7.77. The van der Waals surface area contributed by atoms with E-state index in [1.165, 1.54) is 12.8 Å². The van der Waals surface area contributed by atoms with Gasteiger partial charge in [-0.25, -0.2) is 0 Å². The highest BCUT2D eigenvalue weighted by atomic mass is 16.5. The fourth-order valence-corrected chi connectivity index (χ4v) is 3.04. The topological polar surface area (TPSA) is 32.7 Å². The van der Waals surface area contributed by atoms with E-state index in [1.54, 1.807) is 0 Å². The predicted molar refractivity (Wildman–Crippen MR) is 81.7 cm³/mol. The number of ether oxygens (including phenoxy) is 1. The zero-order valence-electron chi connectivity index (χ0n) is 12.7. The molecule has 3 heteroatoms. The standard InChI is InChI=1S/C17H27NO2/c1-3-20-16-10-7-11-18(13-16)12-14(2)17(19)15-8-5-4-6-9-15/h4-6,8-9,14,16-17,19H,3,7,10-13H2,1-2H3. The van der Waals surface area contributed by atoms with Gasteiger partial charge in [-0.1, -0.05) is 37.3 Å². The maximum Gasteiger partial charge on any atom is 0.0827 e. The summed E-state index contributed by atoms with van der Waals surface area (Å²) in [4.78, 5) is 2.43. The lowest BCUT2D eigenvalue weighted by Gasteiger charge is -2.35. The minimum atomic E-state index is -0.385. The molecule has 1 aliphatic heterocycles. The van der Waals surface area contributed by atoms with Crippen molar-refractivity contribution >= 4 is 0 Å². The van der Waals surface area contributed by atoms with Crippen molar-refractivity contribution < 1.29 is 9.84 Å². The lowest BCUT2D eigenvalue weighted by atomic mass is 9.96. The molecule has 3 nitrogen and oxygen atoms in total. The molecule has 1 aromatic rings.